The number of rotatable bonds is 12. The van der Waals surface area contributed by atoms with Crippen molar-refractivity contribution in [3.8, 4) is 11.1 Å². The first-order valence-corrected chi connectivity index (χ1v) is 15.7. The third kappa shape index (κ3) is 8.94. The number of aromatic nitrogens is 3. The molecule has 258 valence electrons. The van der Waals surface area contributed by atoms with Crippen LogP contribution in [0.4, 0.5) is 0 Å². The topological polar surface area (TPSA) is 174 Å². The lowest BCUT2D eigenvalue weighted by Crippen LogP contribution is -2.64. The molecule has 0 bridgehead atoms. The summed E-state index contributed by atoms with van der Waals surface area (Å²) >= 11 is 0. The highest BCUT2D eigenvalue weighted by Crippen LogP contribution is 2.34. The van der Waals surface area contributed by atoms with E-state index in [4.69, 9.17) is 23.7 Å². The van der Waals surface area contributed by atoms with Gasteiger partial charge in [0, 0.05) is 34.1 Å². The summed E-state index contributed by atoms with van der Waals surface area (Å²) in [4.78, 5) is 61.2. The number of hydrogen-bond acceptors (Lipinski definition) is 12. The molecule has 2 heterocycles. The van der Waals surface area contributed by atoms with Crippen molar-refractivity contribution in [3.05, 3.63) is 58.9 Å². The van der Waals surface area contributed by atoms with Crippen LogP contribution in [-0.4, -0.2) is 75.7 Å². The zero-order valence-electron chi connectivity index (χ0n) is 28.2. The quantitative estimate of drug-likeness (QED) is 0.221. The molecular formula is C34H42N4O10. The standard InChI is InChI=1S/C34H42N4O10/c1-18(2)25-10-9-24(27-12-8-19(3)28(27)14-25)11-13-30(43)45-16-26-15-35-37-38(26)34-31(36-20(4)39)33(47-23(7)42)32(46-22(6)41)29(48-34)17-44-21(5)40/h8-10,12,14-15,18,29,31-34H,11,13,16-17H2,1-7H3,(H,36,39)/t29-,31-,32-,33-,34-/m1/s1. The fraction of sp³-hybridized carbons (Fsp3) is 0.500. The van der Waals surface area contributed by atoms with E-state index in [1.165, 1.54) is 35.9 Å². The van der Waals surface area contributed by atoms with Gasteiger partial charge in [-0.05, 0) is 47.1 Å². The van der Waals surface area contributed by atoms with E-state index in [1.807, 2.05) is 0 Å². The Bertz CT molecular complexity index is 1620. The molecule has 1 amide bonds. The molecule has 1 aromatic rings. The second-order valence-corrected chi connectivity index (χ2v) is 12.1. The molecule has 1 N–H and O–H groups in total. The molecule has 2 aliphatic carbocycles. The van der Waals surface area contributed by atoms with Crippen LogP contribution in [0.1, 0.15) is 82.5 Å². The minimum atomic E-state index is -1.28. The van der Waals surface area contributed by atoms with Crippen molar-refractivity contribution in [2.45, 2.75) is 104 Å². The number of aryl methyl sites for hydroxylation is 2. The maximum atomic E-state index is 13.0. The van der Waals surface area contributed by atoms with Crippen molar-refractivity contribution in [2.75, 3.05) is 6.61 Å². The van der Waals surface area contributed by atoms with Crippen molar-refractivity contribution >= 4 is 29.8 Å². The first-order valence-electron chi connectivity index (χ1n) is 15.7. The molecule has 1 aliphatic heterocycles. The maximum Gasteiger partial charge on any atom is 0.306 e. The Balaban J connectivity index is 1.55. The highest BCUT2D eigenvalue weighted by atomic mass is 16.6. The number of hydrogen-bond donors (Lipinski definition) is 1. The van der Waals surface area contributed by atoms with Crippen LogP contribution in [0, 0.1) is 6.92 Å². The second-order valence-electron chi connectivity index (χ2n) is 12.1. The summed E-state index contributed by atoms with van der Waals surface area (Å²) in [6.07, 6.45) is -2.97. The van der Waals surface area contributed by atoms with E-state index >= 15 is 0 Å². The number of carbonyl (C=O) groups excluding carboxylic acids is 5. The summed E-state index contributed by atoms with van der Waals surface area (Å²) in [7, 11) is 0. The molecule has 0 saturated carbocycles. The van der Waals surface area contributed by atoms with Gasteiger partial charge in [0.25, 0.3) is 0 Å². The molecule has 1 aromatic heterocycles. The minimum Gasteiger partial charge on any atom is -0.463 e. The molecular weight excluding hydrogens is 624 g/mol. The monoisotopic (exact) mass is 666 g/mol. The second kappa shape index (κ2) is 15.8. The minimum absolute atomic E-state index is 0.111. The lowest BCUT2D eigenvalue weighted by atomic mass is 9.95. The Hall–Kier alpha value is -4.85. The van der Waals surface area contributed by atoms with Crippen LogP contribution in [-0.2, 0) is 60.7 Å². The molecule has 48 heavy (non-hydrogen) atoms. The molecule has 1 fully saturated rings. The number of amides is 1. The lowest BCUT2D eigenvalue weighted by molar-refractivity contribution is -0.239. The van der Waals surface area contributed by atoms with Gasteiger partial charge in [0.15, 0.2) is 18.4 Å². The molecule has 0 spiro atoms. The van der Waals surface area contributed by atoms with Crippen molar-refractivity contribution in [3.63, 3.8) is 0 Å². The van der Waals surface area contributed by atoms with Gasteiger partial charge in [-0.1, -0.05) is 49.4 Å². The van der Waals surface area contributed by atoms with E-state index in [-0.39, 0.29) is 19.6 Å². The fourth-order valence-electron chi connectivity index (χ4n) is 5.71. The third-order valence-corrected chi connectivity index (χ3v) is 7.98. The first-order chi connectivity index (χ1) is 22.7. The van der Waals surface area contributed by atoms with Gasteiger partial charge in [-0.25, -0.2) is 4.68 Å². The van der Waals surface area contributed by atoms with E-state index in [0.29, 0.717) is 18.0 Å². The molecule has 0 radical (unpaired) electrons. The summed E-state index contributed by atoms with van der Waals surface area (Å²) in [6.45, 7) is 10.5. The summed E-state index contributed by atoms with van der Waals surface area (Å²) in [6, 6.07) is 9.34. The number of esters is 4. The molecule has 0 aromatic carbocycles. The summed E-state index contributed by atoms with van der Waals surface area (Å²) in [5, 5.41) is 10.7. The highest BCUT2D eigenvalue weighted by molar-refractivity contribution is 5.76. The maximum absolute atomic E-state index is 13.0. The number of nitrogens with zero attached hydrogens (tertiary/aromatic N) is 3. The van der Waals surface area contributed by atoms with E-state index < -0.39 is 60.4 Å². The fourth-order valence-corrected chi connectivity index (χ4v) is 5.71. The third-order valence-electron chi connectivity index (χ3n) is 7.98. The number of fused-ring (bicyclic) bond motifs is 1. The van der Waals surface area contributed by atoms with E-state index in [0.717, 1.165) is 30.5 Å². The zero-order valence-corrected chi connectivity index (χ0v) is 28.2. The molecule has 4 rings (SSSR count). The van der Waals surface area contributed by atoms with Crippen molar-refractivity contribution < 1.29 is 47.7 Å². The summed E-state index contributed by atoms with van der Waals surface area (Å²) in [5.41, 5.74) is 5.94. The van der Waals surface area contributed by atoms with Crippen LogP contribution in [0.15, 0.2) is 36.5 Å². The van der Waals surface area contributed by atoms with Crippen LogP contribution in [0.25, 0.3) is 11.1 Å². The molecule has 0 unspecified atom stereocenters. The molecule has 14 nitrogen and oxygen atoms in total. The van der Waals surface area contributed by atoms with Crippen LogP contribution in [0.3, 0.4) is 0 Å². The lowest BCUT2D eigenvalue weighted by Gasteiger charge is -2.45. The van der Waals surface area contributed by atoms with Gasteiger partial charge in [-0.3, -0.25) is 24.0 Å². The molecule has 14 heteroatoms. The van der Waals surface area contributed by atoms with Gasteiger partial charge in [0.2, 0.25) is 5.91 Å². The average molecular weight is 667 g/mol. The Kier molecular flexibility index (Phi) is 11.9. The number of ether oxygens (including phenoxy) is 5. The average Bonchev–Trinajstić information content (AvgIpc) is 3.56. The van der Waals surface area contributed by atoms with Crippen LogP contribution < -0.4 is 5.32 Å². The van der Waals surface area contributed by atoms with E-state index in [1.54, 1.807) is 0 Å². The van der Waals surface area contributed by atoms with Crippen LogP contribution >= 0.6 is 0 Å². The van der Waals surface area contributed by atoms with Gasteiger partial charge < -0.3 is 29.0 Å². The smallest absolute Gasteiger partial charge is 0.306 e. The molecule has 3 aliphatic rings. The Morgan fingerprint density at radius 3 is 2.27 bits per heavy atom. The predicted octanol–water partition coefficient (Wildman–Crippen LogP) is 3.32. The SMILES string of the molecule is CC(=O)N[C@@H]1[C@@H](OC(C)=O)[C@H](OC(C)=O)[C@@H](COC(C)=O)O[C@H]1n1nncc1COC(=O)CCc1ccc(C(C)C)cc2c(C)ccc1-2. The van der Waals surface area contributed by atoms with Crippen molar-refractivity contribution in [1.29, 1.82) is 0 Å². The largest absolute Gasteiger partial charge is 0.463 e. The number of carbonyl (C=O) groups is 5. The zero-order chi connectivity index (χ0) is 35.1. The van der Waals surface area contributed by atoms with E-state index in [2.05, 4.69) is 66.7 Å². The molecule has 5 atom stereocenters. The highest BCUT2D eigenvalue weighted by Gasteiger charge is 2.52. The Morgan fingerprint density at radius 1 is 0.917 bits per heavy atom. The van der Waals surface area contributed by atoms with Gasteiger partial charge >= 0.3 is 23.9 Å². The summed E-state index contributed by atoms with van der Waals surface area (Å²) < 4.78 is 29.3. The van der Waals surface area contributed by atoms with Gasteiger partial charge in [-0.2, -0.15) is 0 Å². The Morgan fingerprint density at radius 2 is 1.62 bits per heavy atom. The van der Waals surface area contributed by atoms with E-state index in [9.17, 15) is 24.0 Å². The van der Waals surface area contributed by atoms with Crippen LogP contribution in [0.2, 0.25) is 0 Å². The predicted molar refractivity (Wildman–Crippen MR) is 169 cm³/mol. The van der Waals surface area contributed by atoms with Crippen molar-refractivity contribution in [2.24, 2.45) is 0 Å². The van der Waals surface area contributed by atoms with Gasteiger partial charge in [0.05, 0.1) is 11.9 Å². The van der Waals surface area contributed by atoms with Crippen molar-refractivity contribution in [1.82, 2.24) is 20.3 Å². The molecule has 1 saturated heterocycles. The summed E-state index contributed by atoms with van der Waals surface area (Å²) in [5.74, 6) is -2.70. The normalized spacial score (nSPS) is 20.6. The Labute approximate surface area is 278 Å². The van der Waals surface area contributed by atoms with Crippen LogP contribution in [0.5, 0.6) is 0 Å². The van der Waals surface area contributed by atoms with Gasteiger partial charge in [0.1, 0.15) is 25.4 Å². The van der Waals surface area contributed by atoms with Gasteiger partial charge in [-0.15, -0.1) is 5.10 Å². The first kappa shape index (κ1) is 36.0. The number of nitrogens with one attached hydrogen (secondary N) is 1.